The second-order valence-electron chi connectivity index (χ2n) is 9.23. The van der Waals surface area contributed by atoms with Gasteiger partial charge < -0.3 is 21.0 Å². The molecule has 234 valence electrons. The minimum Gasteiger partial charge on any atom is -0.444 e. The van der Waals surface area contributed by atoms with Crippen LogP contribution in [0.15, 0.2) is 96.9 Å². The quantitative estimate of drug-likeness (QED) is 0.0607. The van der Waals surface area contributed by atoms with Gasteiger partial charge in [0.05, 0.1) is 6.21 Å². The number of ether oxygens (including phenoxy) is 1. The molecule has 11 nitrogen and oxygen atoms in total. The number of halogens is 4. The van der Waals surface area contributed by atoms with E-state index in [1.165, 1.54) is 12.4 Å². The molecule has 0 bridgehead atoms. The molecule has 4 N–H and O–H groups in total. The van der Waals surface area contributed by atoms with Crippen LogP contribution in [0.25, 0.3) is 0 Å². The lowest BCUT2D eigenvalue weighted by Gasteiger charge is -2.19. The van der Waals surface area contributed by atoms with Crippen LogP contribution in [0.1, 0.15) is 47.8 Å². The summed E-state index contributed by atoms with van der Waals surface area (Å²) in [6.45, 7) is 6.45. The van der Waals surface area contributed by atoms with Gasteiger partial charge in [0.15, 0.2) is 6.29 Å². The lowest BCUT2D eigenvalue weighted by molar-refractivity contribution is 0.0523. The molecule has 0 radical (unpaired) electrons. The Morgan fingerprint density at radius 1 is 0.818 bits per heavy atom. The molecule has 0 fully saturated rings. The highest BCUT2D eigenvalue weighted by Gasteiger charge is 2.15. The number of oxime groups is 1. The lowest BCUT2D eigenvalue weighted by atomic mass is 10.2. The largest absolute Gasteiger partial charge is 0.444 e. The van der Waals surface area contributed by atoms with Gasteiger partial charge in [-0.3, -0.25) is 4.79 Å². The molecule has 0 unspecified atom stereocenters. The number of hydrogen-bond acceptors (Lipinski definition) is 10. The summed E-state index contributed by atoms with van der Waals surface area (Å²) in [5.74, 6) is 0. The molecular formula is C29H31Br4N7O4. The molecule has 0 aromatic carbocycles. The van der Waals surface area contributed by atoms with Crippen LogP contribution in [0, 0.1) is 0 Å². The number of hydrogen-bond donors (Lipinski definition) is 3. The molecule has 0 saturated heterocycles. The average Bonchev–Trinajstić information content (AvgIpc) is 2.99. The third-order valence-electron chi connectivity index (χ3n) is 4.49. The van der Waals surface area contributed by atoms with Gasteiger partial charge in [0, 0.05) is 49.0 Å². The second-order valence-corrected chi connectivity index (χ2v) is 12.5. The highest BCUT2D eigenvalue weighted by molar-refractivity contribution is 9.11. The standard InChI is InChI=1S/C11H15BrN2O2.C6H5BrN2O.C6H7BrN2.C6H4BrNO/c1-11(2,3)16-10(15)14-7-8-4-5-9(12)13-6-8;7-6-2-1-5(3-8-6)4-9-10;7-6-2-1-5(3-8)4-9-6;7-6-2-1-5(4-9)3-8-6/h4-6H,7H2,1-3H3,(H,14,15);1-4,10H;1-2,4H,3,8H2;1-4H/b;9-4+;;. The number of nitrogens with two attached hydrogens (primary N) is 1. The summed E-state index contributed by atoms with van der Waals surface area (Å²) in [6.07, 6.45) is 8.22. The molecule has 44 heavy (non-hydrogen) atoms. The van der Waals surface area contributed by atoms with E-state index in [2.05, 4.69) is 94.1 Å². The fraction of sp³-hybridized carbons (Fsp3) is 0.207. The third kappa shape index (κ3) is 19.2. The number of pyridine rings is 4. The Labute approximate surface area is 289 Å². The van der Waals surface area contributed by atoms with Crippen LogP contribution >= 0.6 is 63.7 Å². The van der Waals surface area contributed by atoms with E-state index < -0.39 is 11.7 Å². The summed E-state index contributed by atoms with van der Waals surface area (Å²) in [5, 5.41) is 13.6. The fourth-order valence-electron chi connectivity index (χ4n) is 2.51. The number of aldehydes is 1. The van der Waals surface area contributed by atoms with Crippen LogP contribution < -0.4 is 11.1 Å². The first-order valence-electron chi connectivity index (χ1n) is 12.6. The molecule has 4 aromatic heterocycles. The van der Waals surface area contributed by atoms with Crippen LogP contribution in [-0.4, -0.2) is 49.3 Å². The summed E-state index contributed by atoms with van der Waals surface area (Å²) in [4.78, 5) is 37.2. The van der Waals surface area contributed by atoms with Crippen LogP contribution in [0.2, 0.25) is 0 Å². The predicted octanol–water partition coefficient (Wildman–Crippen LogP) is 7.48. The van der Waals surface area contributed by atoms with Crippen molar-refractivity contribution in [2.24, 2.45) is 10.9 Å². The number of nitrogens with zero attached hydrogens (tertiary/aromatic N) is 5. The van der Waals surface area contributed by atoms with E-state index in [0.29, 0.717) is 18.7 Å². The molecule has 4 aromatic rings. The summed E-state index contributed by atoms with van der Waals surface area (Å²) in [7, 11) is 0. The number of amides is 1. The SMILES string of the molecule is CC(C)(C)OC(=O)NCc1ccc(Br)nc1.NCc1ccc(Br)nc1.O/N=C/c1ccc(Br)nc1.O=Cc1ccc(Br)nc1. The Kier molecular flexibility index (Phi) is 19.1. The molecule has 0 aliphatic rings. The average molecular weight is 861 g/mol. The first-order valence-corrected chi connectivity index (χ1v) is 15.8. The van der Waals surface area contributed by atoms with Crippen LogP contribution in [0.5, 0.6) is 0 Å². The number of carbonyl (C=O) groups is 2. The molecule has 4 rings (SSSR count). The molecule has 0 aliphatic heterocycles. The molecule has 0 atom stereocenters. The van der Waals surface area contributed by atoms with Crippen LogP contribution in [-0.2, 0) is 17.8 Å². The summed E-state index contributed by atoms with van der Waals surface area (Å²) < 4.78 is 8.23. The molecule has 0 aliphatic carbocycles. The van der Waals surface area contributed by atoms with Gasteiger partial charge in [-0.15, -0.1) is 0 Å². The molecule has 1 amide bonds. The van der Waals surface area contributed by atoms with Gasteiger partial charge in [0.2, 0.25) is 0 Å². The van der Waals surface area contributed by atoms with E-state index in [1.807, 2.05) is 45.0 Å². The fourth-order valence-corrected chi connectivity index (χ4v) is 3.45. The maximum absolute atomic E-state index is 11.3. The minimum absolute atomic E-state index is 0.412. The molecule has 0 spiro atoms. The highest BCUT2D eigenvalue weighted by Crippen LogP contribution is 2.09. The van der Waals surface area contributed by atoms with Crippen molar-refractivity contribution in [1.82, 2.24) is 25.3 Å². The Morgan fingerprint density at radius 2 is 1.27 bits per heavy atom. The first kappa shape index (κ1) is 38.9. The number of aromatic nitrogens is 4. The van der Waals surface area contributed by atoms with Crippen molar-refractivity contribution >= 4 is 82.3 Å². The lowest BCUT2D eigenvalue weighted by Crippen LogP contribution is -2.32. The van der Waals surface area contributed by atoms with Crippen molar-refractivity contribution in [1.29, 1.82) is 0 Å². The van der Waals surface area contributed by atoms with E-state index in [9.17, 15) is 9.59 Å². The Balaban J connectivity index is 0.000000304. The van der Waals surface area contributed by atoms with Crippen molar-refractivity contribution in [3.8, 4) is 0 Å². The van der Waals surface area contributed by atoms with Crippen molar-refractivity contribution in [3.63, 3.8) is 0 Å². The topological polar surface area (TPSA) is 166 Å². The van der Waals surface area contributed by atoms with Crippen LogP contribution in [0.4, 0.5) is 4.79 Å². The smallest absolute Gasteiger partial charge is 0.407 e. The van der Waals surface area contributed by atoms with E-state index in [4.69, 9.17) is 15.7 Å². The summed E-state index contributed by atoms with van der Waals surface area (Å²) in [5.41, 5.74) is 8.22. The molecule has 0 saturated carbocycles. The summed E-state index contributed by atoms with van der Waals surface area (Å²) >= 11 is 12.8. The zero-order valence-electron chi connectivity index (χ0n) is 24.0. The molecule has 15 heteroatoms. The van der Waals surface area contributed by atoms with Gasteiger partial charge >= 0.3 is 6.09 Å². The Hall–Kier alpha value is -3.11. The van der Waals surface area contributed by atoms with Gasteiger partial charge in [-0.05, 0) is 132 Å². The van der Waals surface area contributed by atoms with E-state index in [0.717, 1.165) is 41.4 Å². The van der Waals surface area contributed by atoms with Crippen molar-refractivity contribution < 1.29 is 19.5 Å². The number of rotatable bonds is 5. The zero-order valence-corrected chi connectivity index (χ0v) is 30.3. The van der Waals surface area contributed by atoms with E-state index in [-0.39, 0.29) is 0 Å². The maximum atomic E-state index is 11.3. The Bertz CT molecular complexity index is 1420. The first-order chi connectivity index (χ1) is 20.8. The summed E-state index contributed by atoms with van der Waals surface area (Å²) in [6, 6.07) is 14.5. The monoisotopic (exact) mass is 857 g/mol. The van der Waals surface area contributed by atoms with Gasteiger partial charge in [0.25, 0.3) is 0 Å². The van der Waals surface area contributed by atoms with Crippen LogP contribution in [0.3, 0.4) is 0 Å². The van der Waals surface area contributed by atoms with Gasteiger partial charge in [0.1, 0.15) is 24.0 Å². The zero-order chi connectivity index (χ0) is 33.0. The van der Waals surface area contributed by atoms with Gasteiger partial charge in [-0.2, -0.15) is 0 Å². The van der Waals surface area contributed by atoms with Crippen molar-refractivity contribution in [3.05, 3.63) is 114 Å². The van der Waals surface area contributed by atoms with Crippen molar-refractivity contribution in [2.45, 2.75) is 39.5 Å². The number of alkyl carbamates (subject to hydrolysis) is 1. The van der Waals surface area contributed by atoms with E-state index in [1.54, 1.807) is 42.9 Å². The maximum Gasteiger partial charge on any atom is 0.407 e. The molecular weight excluding hydrogens is 830 g/mol. The van der Waals surface area contributed by atoms with Crippen molar-refractivity contribution in [2.75, 3.05) is 0 Å². The molecule has 4 heterocycles. The minimum atomic E-state index is -0.470. The Morgan fingerprint density at radius 3 is 1.64 bits per heavy atom. The van der Waals surface area contributed by atoms with Gasteiger partial charge in [-0.1, -0.05) is 17.3 Å². The van der Waals surface area contributed by atoms with Gasteiger partial charge in [-0.25, -0.2) is 24.7 Å². The normalized spacial score (nSPS) is 10.2. The number of carbonyl (C=O) groups excluding carboxylic acids is 2. The predicted molar refractivity (Wildman–Crippen MR) is 183 cm³/mol. The second kappa shape index (κ2) is 21.6. The van der Waals surface area contributed by atoms with E-state index >= 15 is 0 Å². The third-order valence-corrected chi connectivity index (χ3v) is 6.37. The number of nitrogens with one attached hydrogen (secondary N) is 1. The highest BCUT2D eigenvalue weighted by atomic mass is 79.9.